The average Bonchev–Trinajstić information content (AvgIpc) is 2.93. The van der Waals surface area contributed by atoms with Crippen molar-refractivity contribution in [2.75, 3.05) is 12.8 Å². The summed E-state index contributed by atoms with van der Waals surface area (Å²) in [7, 11) is 1.60. The van der Waals surface area contributed by atoms with Crippen LogP contribution in [0.2, 0.25) is 0 Å². The molecule has 1 atom stereocenters. The molecular formula is C14H21N5O. The van der Waals surface area contributed by atoms with Gasteiger partial charge in [0.05, 0.1) is 18.8 Å². The van der Waals surface area contributed by atoms with Crippen LogP contribution in [0.1, 0.15) is 39.2 Å². The van der Waals surface area contributed by atoms with E-state index in [2.05, 4.69) is 29.4 Å². The molecule has 2 rings (SSSR count). The molecule has 1 heterocycles. The SMILES string of the molecule is CCCC(CC)n1nnnc1-c1ccc(OC)c(N)c1. The minimum absolute atomic E-state index is 0.313. The van der Waals surface area contributed by atoms with E-state index in [-0.39, 0.29) is 0 Å². The number of aromatic nitrogens is 4. The molecule has 6 nitrogen and oxygen atoms in total. The molecule has 2 aromatic rings. The maximum absolute atomic E-state index is 5.95. The lowest BCUT2D eigenvalue weighted by Gasteiger charge is -2.16. The molecule has 0 bridgehead atoms. The Labute approximate surface area is 118 Å². The van der Waals surface area contributed by atoms with Gasteiger partial charge in [0, 0.05) is 5.56 Å². The Kier molecular flexibility index (Phi) is 4.55. The van der Waals surface area contributed by atoms with Crippen LogP contribution in [0.5, 0.6) is 5.75 Å². The van der Waals surface area contributed by atoms with Crippen LogP contribution in [0, 0.1) is 0 Å². The molecule has 1 aromatic heterocycles. The van der Waals surface area contributed by atoms with Crippen LogP contribution in [-0.2, 0) is 0 Å². The fraction of sp³-hybridized carbons (Fsp3) is 0.500. The first kappa shape index (κ1) is 14.3. The summed E-state index contributed by atoms with van der Waals surface area (Å²) in [6.07, 6.45) is 3.15. The van der Waals surface area contributed by atoms with Crippen LogP contribution < -0.4 is 10.5 Å². The van der Waals surface area contributed by atoms with Crippen molar-refractivity contribution >= 4 is 5.69 Å². The second-order valence-electron chi connectivity index (χ2n) is 4.75. The van der Waals surface area contributed by atoms with Crippen molar-refractivity contribution in [2.24, 2.45) is 0 Å². The van der Waals surface area contributed by atoms with Crippen LogP contribution >= 0.6 is 0 Å². The highest BCUT2D eigenvalue weighted by Crippen LogP contribution is 2.29. The third-order valence-corrected chi connectivity index (χ3v) is 3.42. The summed E-state index contributed by atoms with van der Waals surface area (Å²) < 4.78 is 7.06. The molecule has 1 unspecified atom stereocenters. The molecule has 0 aliphatic carbocycles. The Balaban J connectivity index is 2.38. The van der Waals surface area contributed by atoms with Gasteiger partial charge in [0.25, 0.3) is 0 Å². The third kappa shape index (κ3) is 2.74. The van der Waals surface area contributed by atoms with E-state index in [4.69, 9.17) is 10.5 Å². The molecule has 108 valence electrons. The predicted molar refractivity (Wildman–Crippen MR) is 78.5 cm³/mol. The lowest BCUT2D eigenvalue weighted by Crippen LogP contribution is -2.11. The van der Waals surface area contributed by atoms with Gasteiger partial charge in [0.2, 0.25) is 0 Å². The van der Waals surface area contributed by atoms with E-state index in [1.807, 2.05) is 22.9 Å². The molecule has 6 heteroatoms. The maximum Gasteiger partial charge on any atom is 0.182 e. The van der Waals surface area contributed by atoms with Crippen LogP contribution in [0.3, 0.4) is 0 Å². The lowest BCUT2D eigenvalue weighted by atomic mass is 10.1. The molecule has 0 aliphatic heterocycles. The largest absolute Gasteiger partial charge is 0.495 e. The zero-order valence-electron chi connectivity index (χ0n) is 12.2. The number of hydrogen-bond acceptors (Lipinski definition) is 5. The van der Waals surface area contributed by atoms with E-state index in [0.717, 1.165) is 30.7 Å². The summed E-state index contributed by atoms with van der Waals surface area (Å²) >= 11 is 0. The normalized spacial score (nSPS) is 12.3. The standard InChI is InChI=1S/C14H21N5O/c1-4-6-11(5-2)19-14(16-17-18-19)10-7-8-13(20-3)12(15)9-10/h7-9,11H,4-6,15H2,1-3H3. The van der Waals surface area contributed by atoms with Gasteiger partial charge in [-0.1, -0.05) is 20.3 Å². The topological polar surface area (TPSA) is 78.8 Å². The second kappa shape index (κ2) is 6.36. The fourth-order valence-electron chi connectivity index (χ4n) is 2.34. The molecule has 0 saturated carbocycles. The van der Waals surface area contributed by atoms with Crippen LogP contribution in [0.25, 0.3) is 11.4 Å². The number of benzene rings is 1. The van der Waals surface area contributed by atoms with E-state index in [0.29, 0.717) is 17.5 Å². The van der Waals surface area contributed by atoms with E-state index < -0.39 is 0 Å². The van der Waals surface area contributed by atoms with Crippen molar-refractivity contribution < 1.29 is 4.74 Å². The van der Waals surface area contributed by atoms with Gasteiger partial charge < -0.3 is 10.5 Å². The van der Waals surface area contributed by atoms with E-state index in [1.165, 1.54) is 0 Å². The number of nitrogen functional groups attached to an aromatic ring is 1. The van der Waals surface area contributed by atoms with Crippen LogP contribution in [0.4, 0.5) is 5.69 Å². The van der Waals surface area contributed by atoms with Crippen molar-refractivity contribution in [2.45, 2.75) is 39.2 Å². The molecule has 0 fully saturated rings. The molecule has 20 heavy (non-hydrogen) atoms. The number of methoxy groups -OCH3 is 1. The number of hydrogen-bond donors (Lipinski definition) is 1. The maximum atomic E-state index is 5.95. The second-order valence-corrected chi connectivity index (χ2v) is 4.75. The first-order valence-electron chi connectivity index (χ1n) is 6.93. The molecule has 0 aliphatic rings. The molecule has 1 aromatic carbocycles. The molecule has 0 amide bonds. The number of ether oxygens (including phenoxy) is 1. The van der Waals surface area contributed by atoms with Gasteiger partial charge in [-0.25, -0.2) is 4.68 Å². The minimum Gasteiger partial charge on any atom is -0.495 e. The Morgan fingerprint density at radius 1 is 1.35 bits per heavy atom. The predicted octanol–water partition coefficient (Wildman–Crippen LogP) is 2.68. The van der Waals surface area contributed by atoms with E-state index >= 15 is 0 Å². The number of nitrogens with two attached hydrogens (primary N) is 1. The summed E-state index contributed by atoms with van der Waals surface area (Å²) in [5.41, 5.74) is 7.44. The van der Waals surface area contributed by atoms with Gasteiger partial charge >= 0.3 is 0 Å². The smallest absolute Gasteiger partial charge is 0.182 e. The van der Waals surface area contributed by atoms with Gasteiger partial charge in [-0.3, -0.25) is 0 Å². The summed E-state index contributed by atoms with van der Waals surface area (Å²) in [5.74, 6) is 1.41. The van der Waals surface area contributed by atoms with Gasteiger partial charge in [-0.15, -0.1) is 5.10 Å². The van der Waals surface area contributed by atoms with Crippen LogP contribution in [-0.4, -0.2) is 27.3 Å². The first-order valence-corrected chi connectivity index (χ1v) is 6.93. The van der Waals surface area contributed by atoms with Gasteiger partial charge in [0.15, 0.2) is 5.82 Å². The number of anilines is 1. The number of tetrazole rings is 1. The highest BCUT2D eigenvalue weighted by atomic mass is 16.5. The summed E-state index contributed by atoms with van der Waals surface area (Å²) in [6.45, 7) is 4.31. The highest BCUT2D eigenvalue weighted by molar-refractivity contribution is 5.66. The third-order valence-electron chi connectivity index (χ3n) is 3.42. The zero-order valence-corrected chi connectivity index (χ0v) is 12.2. The monoisotopic (exact) mass is 275 g/mol. The first-order chi connectivity index (χ1) is 9.71. The molecular weight excluding hydrogens is 254 g/mol. The van der Waals surface area contributed by atoms with E-state index in [1.54, 1.807) is 7.11 Å². The Morgan fingerprint density at radius 2 is 2.15 bits per heavy atom. The van der Waals surface area contributed by atoms with E-state index in [9.17, 15) is 0 Å². The van der Waals surface area contributed by atoms with Gasteiger partial charge in [-0.2, -0.15) is 0 Å². The quantitative estimate of drug-likeness (QED) is 0.820. The van der Waals surface area contributed by atoms with Crippen LogP contribution in [0.15, 0.2) is 18.2 Å². The van der Waals surface area contributed by atoms with Gasteiger partial charge in [-0.05, 0) is 41.5 Å². The Bertz CT molecular complexity index is 566. The van der Waals surface area contributed by atoms with Crippen molar-refractivity contribution in [3.8, 4) is 17.1 Å². The fourth-order valence-corrected chi connectivity index (χ4v) is 2.34. The highest BCUT2D eigenvalue weighted by Gasteiger charge is 2.17. The average molecular weight is 275 g/mol. The summed E-state index contributed by atoms with van der Waals surface area (Å²) in [4.78, 5) is 0. The van der Waals surface area contributed by atoms with Crippen molar-refractivity contribution in [3.63, 3.8) is 0 Å². The summed E-state index contributed by atoms with van der Waals surface area (Å²) in [6, 6.07) is 5.92. The minimum atomic E-state index is 0.313. The van der Waals surface area contributed by atoms with Crippen molar-refractivity contribution in [1.82, 2.24) is 20.2 Å². The summed E-state index contributed by atoms with van der Waals surface area (Å²) in [5, 5.41) is 12.1. The Morgan fingerprint density at radius 3 is 2.75 bits per heavy atom. The Hall–Kier alpha value is -2.11. The zero-order chi connectivity index (χ0) is 14.5. The molecule has 0 spiro atoms. The lowest BCUT2D eigenvalue weighted by molar-refractivity contribution is 0.403. The van der Waals surface area contributed by atoms with Crippen molar-refractivity contribution in [3.05, 3.63) is 18.2 Å². The van der Waals surface area contributed by atoms with Gasteiger partial charge in [0.1, 0.15) is 5.75 Å². The van der Waals surface area contributed by atoms with Crippen molar-refractivity contribution in [1.29, 1.82) is 0 Å². The number of rotatable bonds is 6. The molecule has 2 N–H and O–H groups in total. The molecule has 0 saturated heterocycles. The molecule has 0 radical (unpaired) electrons. The number of nitrogens with zero attached hydrogens (tertiary/aromatic N) is 4.